The molecule has 2 heterocycles. The lowest BCUT2D eigenvalue weighted by Gasteiger charge is -2.32. The number of amides is 5. The summed E-state index contributed by atoms with van der Waals surface area (Å²) in [5.41, 5.74) is 13.9. The number of rotatable bonds is 14. The van der Waals surface area contributed by atoms with E-state index in [1.165, 1.54) is 26.4 Å². The fraction of sp³-hybridized carbons (Fsp3) is 0.317. The quantitative estimate of drug-likeness (QED) is 0.0859. The molecule has 4 atom stereocenters. The van der Waals surface area contributed by atoms with Gasteiger partial charge in [-0.3, -0.25) is 24.0 Å². The van der Waals surface area contributed by atoms with Gasteiger partial charge >= 0.3 is 0 Å². The minimum absolute atomic E-state index is 0.00982. The zero-order chi connectivity index (χ0) is 43.3. The summed E-state index contributed by atoms with van der Waals surface area (Å²) in [7, 11) is 1.31. The number of nitriles is 1. The Morgan fingerprint density at radius 3 is 2.22 bits per heavy atom. The van der Waals surface area contributed by atoms with E-state index < -0.39 is 60.3 Å². The van der Waals surface area contributed by atoms with Gasteiger partial charge in [-0.1, -0.05) is 23.7 Å². The van der Waals surface area contributed by atoms with Crippen LogP contribution in [0.3, 0.4) is 0 Å². The summed E-state index contributed by atoms with van der Waals surface area (Å²) in [6, 6.07) is 13.1. The zero-order valence-corrected chi connectivity index (χ0v) is 33.6. The van der Waals surface area contributed by atoms with E-state index in [2.05, 4.69) is 31.2 Å². The molecular weight excluding hydrogens is 796 g/mol. The van der Waals surface area contributed by atoms with Crippen LogP contribution >= 0.6 is 11.6 Å². The molecule has 0 saturated heterocycles. The number of aromatic nitrogens is 2. The number of nitrogens with one attached hydrogen (secondary N) is 4. The van der Waals surface area contributed by atoms with Crippen LogP contribution < -0.4 is 42.2 Å². The van der Waals surface area contributed by atoms with Crippen LogP contribution in [0.4, 0.5) is 0 Å². The number of nitrogens with zero attached hydrogens (tertiary/aromatic N) is 4. The number of halogens is 1. The molecule has 9 N–H and O–H groups in total. The molecule has 18 nitrogen and oxygen atoms in total. The Morgan fingerprint density at radius 1 is 0.967 bits per heavy atom. The molecule has 1 aliphatic heterocycles. The first-order chi connectivity index (χ1) is 28.9. The van der Waals surface area contributed by atoms with Crippen LogP contribution in [0.25, 0.3) is 22.5 Å². The predicted octanol–water partition coefficient (Wildman–Crippen LogP) is 0.615. The van der Waals surface area contributed by atoms with Crippen LogP contribution in [0, 0.1) is 11.3 Å². The molecule has 1 aliphatic rings. The lowest BCUT2D eigenvalue weighted by atomic mass is 9.93. The third-order valence-electron chi connectivity index (χ3n) is 9.36. The number of hydrogen-bond donors (Lipinski definition) is 7. The molecule has 3 aromatic carbocycles. The van der Waals surface area contributed by atoms with Gasteiger partial charge in [-0.15, -0.1) is 0 Å². The van der Waals surface area contributed by atoms with Gasteiger partial charge in [0.25, 0.3) is 5.91 Å². The SMILES string of the molecule is C[C@@H]1NC(=O)[C@@H](N(C)C(=O)[C@H](CO)NC(=O)c2cnc(-c3ccc(Cl)cc3)nc2)c2ccc(OCCN)c(c2)-c2cc(ccc2OCCN)C[C@@H](C(=O)NCC#N)NC1=O. The van der Waals surface area contributed by atoms with E-state index >= 15 is 0 Å². The maximum atomic E-state index is 14.4. The van der Waals surface area contributed by atoms with E-state index in [1.807, 2.05) is 6.07 Å². The minimum atomic E-state index is -1.55. The second-order valence-electron chi connectivity index (χ2n) is 13.6. The van der Waals surface area contributed by atoms with Gasteiger partial charge in [-0.25, -0.2) is 9.97 Å². The Kier molecular flexibility index (Phi) is 15.5. The highest BCUT2D eigenvalue weighted by atomic mass is 35.5. The fourth-order valence-corrected chi connectivity index (χ4v) is 6.45. The van der Waals surface area contributed by atoms with Crippen LogP contribution in [0.1, 0.15) is 34.5 Å². The third kappa shape index (κ3) is 10.9. The van der Waals surface area contributed by atoms with Gasteiger partial charge in [0.15, 0.2) is 5.82 Å². The lowest BCUT2D eigenvalue weighted by molar-refractivity contribution is -0.142. The molecule has 0 aliphatic carbocycles. The van der Waals surface area contributed by atoms with Crippen molar-refractivity contribution in [2.45, 2.75) is 37.5 Å². The first-order valence-corrected chi connectivity index (χ1v) is 19.2. The van der Waals surface area contributed by atoms with Crippen LogP contribution in [-0.2, 0) is 25.6 Å². The summed E-state index contributed by atoms with van der Waals surface area (Å²) in [6.07, 6.45) is 2.51. The van der Waals surface area contributed by atoms with Crippen molar-refractivity contribution in [1.29, 1.82) is 5.26 Å². The van der Waals surface area contributed by atoms with E-state index in [-0.39, 0.29) is 50.4 Å². The number of ether oxygens (including phenoxy) is 2. The summed E-state index contributed by atoms with van der Waals surface area (Å²) in [5, 5.41) is 30.3. The van der Waals surface area contributed by atoms with E-state index in [0.29, 0.717) is 44.6 Å². The Morgan fingerprint density at radius 2 is 1.60 bits per heavy atom. The number of likely N-dealkylation sites (N-methyl/N-ethyl adjacent to an activating group) is 1. The molecule has 1 aromatic heterocycles. The van der Waals surface area contributed by atoms with Gasteiger partial charge in [0.2, 0.25) is 23.6 Å². The van der Waals surface area contributed by atoms with E-state index in [0.717, 1.165) is 4.90 Å². The van der Waals surface area contributed by atoms with Crippen LogP contribution in [0.5, 0.6) is 11.5 Å². The van der Waals surface area contributed by atoms with Crippen molar-refractivity contribution in [3.63, 3.8) is 0 Å². The van der Waals surface area contributed by atoms with Gasteiger partial charge < -0.3 is 52.2 Å². The Labute approximate surface area is 350 Å². The van der Waals surface area contributed by atoms with Crippen molar-refractivity contribution in [3.8, 4) is 40.1 Å². The first-order valence-electron chi connectivity index (χ1n) is 18.8. The van der Waals surface area contributed by atoms with Crippen molar-refractivity contribution in [2.75, 3.05) is 46.5 Å². The summed E-state index contributed by atoms with van der Waals surface area (Å²) in [4.78, 5) is 78.3. The van der Waals surface area contributed by atoms with Crippen LogP contribution in [0.2, 0.25) is 5.02 Å². The zero-order valence-electron chi connectivity index (χ0n) is 32.8. The molecule has 5 amide bonds. The summed E-state index contributed by atoms with van der Waals surface area (Å²) in [6.45, 7) is 0.832. The fourth-order valence-electron chi connectivity index (χ4n) is 6.33. The Bertz CT molecular complexity index is 2240. The molecule has 314 valence electrons. The molecule has 4 bridgehead atoms. The number of hydrogen-bond acceptors (Lipinski definition) is 13. The maximum absolute atomic E-state index is 14.4. The smallest absolute Gasteiger partial charge is 0.255 e. The molecule has 0 saturated carbocycles. The van der Waals surface area contributed by atoms with Crippen LogP contribution in [0.15, 0.2) is 73.1 Å². The van der Waals surface area contributed by atoms with Crippen molar-refractivity contribution < 1.29 is 38.6 Å². The number of nitrogens with two attached hydrogens (primary N) is 2. The van der Waals surface area contributed by atoms with E-state index in [4.69, 9.17) is 37.8 Å². The average Bonchev–Trinajstić information content (AvgIpc) is 3.25. The van der Waals surface area contributed by atoms with Crippen molar-refractivity contribution >= 4 is 41.1 Å². The van der Waals surface area contributed by atoms with Gasteiger partial charge in [0.1, 0.15) is 55.4 Å². The monoisotopic (exact) mass is 840 g/mol. The Balaban J connectivity index is 1.55. The molecule has 0 spiro atoms. The number of aliphatic hydroxyl groups is 1. The van der Waals surface area contributed by atoms with Crippen molar-refractivity contribution in [1.82, 2.24) is 36.1 Å². The van der Waals surface area contributed by atoms with Gasteiger partial charge in [0, 0.05) is 60.7 Å². The predicted molar refractivity (Wildman–Crippen MR) is 219 cm³/mol. The van der Waals surface area contributed by atoms with Crippen molar-refractivity contribution in [3.05, 3.63) is 94.8 Å². The third-order valence-corrected chi connectivity index (χ3v) is 9.61. The number of aliphatic hydroxyl groups excluding tert-OH is 1. The molecule has 0 unspecified atom stereocenters. The molecule has 5 rings (SSSR count). The van der Waals surface area contributed by atoms with E-state index in [9.17, 15) is 29.1 Å². The molecule has 19 heteroatoms. The summed E-state index contributed by atoms with van der Waals surface area (Å²) < 4.78 is 12.1. The van der Waals surface area contributed by atoms with Gasteiger partial charge in [-0.05, 0) is 66.6 Å². The molecular formula is C41H45ClN10O8. The number of carbonyl (C=O) groups excluding carboxylic acids is 5. The highest BCUT2D eigenvalue weighted by Crippen LogP contribution is 2.40. The molecule has 0 fully saturated rings. The largest absolute Gasteiger partial charge is 0.492 e. The van der Waals surface area contributed by atoms with Gasteiger partial charge in [0.05, 0.1) is 18.2 Å². The van der Waals surface area contributed by atoms with Crippen LogP contribution in [-0.4, -0.2) is 114 Å². The maximum Gasteiger partial charge on any atom is 0.255 e. The topological polar surface area (TPSA) is 277 Å². The van der Waals surface area contributed by atoms with Crippen molar-refractivity contribution in [2.24, 2.45) is 11.5 Å². The van der Waals surface area contributed by atoms with Gasteiger partial charge in [-0.2, -0.15) is 5.26 Å². The number of carbonyl (C=O) groups is 5. The second-order valence-corrected chi connectivity index (χ2v) is 14.0. The normalized spacial score (nSPS) is 16.8. The highest BCUT2D eigenvalue weighted by molar-refractivity contribution is 6.30. The molecule has 4 aromatic rings. The first kappa shape index (κ1) is 44.5. The molecule has 0 radical (unpaired) electrons. The van der Waals surface area contributed by atoms with E-state index in [1.54, 1.807) is 60.7 Å². The molecule has 60 heavy (non-hydrogen) atoms. The summed E-state index contributed by atoms with van der Waals surface area (Å²) in [5.74, 6) is -2.80. The highest BCUT2D eigenvalue weighted by Gasteiger charge is 2.36. The summed E-state index contributed by atoms with van der Waals surface area (Å²) >= 11 is 5.98. The Hall–Kier alpha value is -6.65. The number of fused-ring (bicyclic) bond motifs is 5. The lowest BCUT2D eigenvalue weighted by Crippen LogP contribution is -2.56. The minimum Gasteiger partial charge on any atom is -0.492 e. The average molecular weight is 841 g/mol. The number of benzene rings is 3. The second kappa shape index (κ2) is 20.9. The standard InChI is InChI=1S/C41H45ClN10O8/c1-23-37(54)50-31(39(56)46-14-11-43)18-24-3-9-33(59-15-12-44)29(17-24)30-19-26(6-10-34(30)60-16-13-45)35(40(57)49-23)52(2)41(58)32(22-53)51-38(55)27-20-47-36(48-21-27)25-4-7-28(42)8-5-25/h3-10,17,19-21,23,31-32,35,53H,12-16,18,22,44-45H2,1-2H3,(H,46,56)(H,49,57)(H,50,54)(H,51,55)/t23-,31-,32-,35-/m0/s1.